The minimum absolute atomic E-state index is 0.248. The van der Waals surface area contributed by atoms with Crippen LogP contribution in [0.3, 0.4) is 0 Å². The number of nitrogens with one attached hydrogen (secondary N) is 1. The normalized spacial score (nSPS) is 10.4. The third-order valence-electron chi connectivity index (χ3n) is 2.94. The van der Waals surface area contributed by atoms with E-state index in [1.807, 2.05) is 6.92 Å². The summed E-state index contributed by atoms with van der Waals surface area (Å²) in [5.74, 6) is -0.508. The molecular formula is C15H15F2N. The van der Waals surface area contributed by atoms with Gasteiger partial charge in [0.05, 0.1) is 0 Å². The summed E-state index contributed by atoms with van der Waals surface area (Å²) >= 11 is 0. The van der Waals surface area contributed by atoms with E-state index in [9.17, 15) is 8.78 Å². The van der Waals surface area contributed by atoms with Crippen molar-refractivity contribution in [1.29, 1.82) is 0 Å². The van der Waals surface area contributed by atoms with Gasteiger partial charge in [0, 0.05) is 23.4 Å². The van der Waals surface area contributed by atoms with Gasteiger partial charge in [-0.15, -0.1) is 0 Å². The largest absolute Gasteiger partial charge is 0.381 e. The lowest BCUT2D eigenvalue weighted by molar-refractivity contribution is 0.611. The number of aryl methyl sites for hydroxylation is 1. The van der Waals surface area contributed by atoms with Crippen LogP contribution in [0.2, 0.25) is 0 Å². The molecular weight excluding hydrogens is 232 g/mol. The Morgan fingerprint density at radius 3 is 2.56 bits per heavy atom. The highest BCUT2D eigenvalue weighted by molar-refractivity contribution is 5.51. The molecule has 0 aliphatic rings. The second-order valence-electron chi connectivity index (χ2n) is 4.36. The lowest BCUT2D eigenvalue weighted by Crippen LogP contribution is -2.04. The van der Waals surface area contributed by atoms with Crippen molar-refractivity contribution in [3.05, 3.63) is 64.7 Å². The summed E-state index contributed by atoms with van der Waals surface area (Å²) in [7, 11) is 0. The molecule has 2 aromatic rings. The number of hydrogen-bond acceptors (Lipinski definition) is 1. The van der Waals surface area contributed by atoms with Crippen LogP contribution in [0.4, 0.5) is 14.5 Å². The number of hydrogen-bond donors (Lipinski definition) is 1. The van der Waals surface area contributed by atoms with E-state index in [-0.39, 0.29) is 11.6 Å². The van der Waals surface area contributed by atoms with Crippen molar-refractivity contribution in [1.82, 2.24) is 0 Å². The third-order valence-corrected chi connectivity index (χ3v) is 2.94. The van der Waals surface area contributed by atoms with Gasteiger partial charge in [0.2, 0.25) is 0 Å². The van der Waals surface area contributed by atoms with Crippen molar-refractivity contribution in [2.75, 3.05) is 5.32 Å². The summed E-state index contributed by atoms with van der Waals surface area (Å²) in [6, 6.07) is 9.80. The number of rotatable bonds is 3. The summed E-state index contributed by atoms with van der Waals surface area (Å²) in [6.07, 6.45) is 0. The molecule has 0 amide bonds. The molecule has 18 heavy (non-hydrogen) atoms. The first-order valence-corrected chi connectivity index (χ1v) is 5.82. The molecule has 0 saturated carbocycles. The van der Waals surface area contributed by atoms with Gasteiger partial charge in [-0.1, -0.05) is 23.8 Å². The molecule has 0 aliphatic carbocycles. The molecule has 2 rings (SSSR count). The van der Waals surface area contributed by atoms with Gasteiger partial charge in [0.1, 0.15) is 11.6 Å². The van der Waals surface area contributed by atoms with Crippen molar-refractivity contribution < 1.29 is 8.78 Å². The molecule has 1 N–H and O–H groups in total. The smallest absolute Gasteiger partial charge is 0.128 e. The second-order valence-corrected chi connectivity index (χ2v) is 4.36. The Kier molecular flexibility index (Phi) is 3.60. The summed E-state index contributed by atoms with van der Waals surface area (Å²) in [5.41, 5.74) is 2.82. The van der Waals surface area contributed by atoms with Gasteiger partial charge in [0.15, 0.2) is 0 Å². The zero-order valence-corrected chi connectivity index (χ0v) is 10.4. The van der Waals surface area contributed by atoms with Crippen LogP contribution in [0.25, 0.3) is 0 Å². The zero-order chi connectivity index (χ0) is 13.1. The van der Waals surface area contributed by atoms with Crippen molar-refractivity contribution in [2.45, 2.75) is 20.4 Å². The Hall–Kier alpha value is -1.90. The summed E-state index contributed by atoms with van der Waals surface area (Å²) in [6.45, 7) is 3.96. The molecule has 0 bridgehead atoms. The van der Waals surface area contributed by atoms with Gasteiger partial charge in [-0.05, 0) is 32.0 Å². The van der Waals surface area contributed by atoms with Crippen LogP contribution in [0, 0.1) is 25.5 Å². The van der Waals surface area contributed by atoms with Crippen LogP contribution < -0.4 is 5.32 Å². The van der Waals surface area contributed by atoms with E-state index in [1.165, 1.54) is 12.1 Å². The minimum Gasteiger partial charge on any atom is -0.381 e. The molecule has 0 unspecified atom stereocenters. The zero-order valence-electron chi connectivity index (χ0n) is 10.4. The molecule has 0 saturated heterocycles. The third kappa shape index (κ3) is 2.67. The lowest BCUT2D eigenvalue weighted by Gasteiger charge is -2.11. The van der Waals surface area contributed by atoms with Crippen molar-refractivity contribution in [3.63, 3.8) is 0 Å². The second kappa shape index (κ2) is 5.17. The van der Waals surface area contributed by atoms with Crippen molar-refractivity contribution in [3.8, 4) is 0 Å². The maximum Gasteiger partial charge on any atom is 0.128 e. The predicted octanol–water partition coefficient (Wildman–Crippen LogP) is 4.19. The quantitative estimate of drug-likeness (QED) is 0.857. The van der Waals surface area contributed by atoms with Crippen LogP contribution in [-0.4, -0.2) is 0 Å². The highest BCUT2D eigenvalue weighted by Gasteiger charge is 2.05. The highest BCUT2D eigenvalue weighted by atomic mass is 19.1. The Morgan fingerprint density at radius 1 is 1.00 bits per heavy atom. The minimum atomic E-state index is -0.260. The molecule has 0 heterocycles. The maximum atomic E-state index is 13.5. The fourth-order valence-electron chi connectivity index (χ4n) is 1.83. The molecule has 94 valence electrons. The van der Waals surface area contributed by atoms with E-state index >= 15 is 0 Å². The summed E-state index contributed by atoms with van der Waals surface area (Å²) in [5, 5.41) is 3.06. The molecule has 0 aliphatic heterocycles. The Labute approximate surface area is 105 Å². The van der Waals surface area contributed by atoms with Gasteiger partial charge in [-0.3, -0.25) is 0 Å². The van der Waals surface area contributed by atoms with E-state index in [2.05, 4.69) is 5.32 Å². The Morgan fingerprint density at radius 2 is 1.78 bits per heavy atom. The molecule has 0 aromatic heterocycles. The Balaban J connectivity index is 2.16. The number of anilines is 1. The van der Waals surface area contributed by atoms with Gasteiger partial charge in [-0.2, -0.15) is 0 Å². The van der Waals surface area contributed by atoms with E-state index in [0.29, 0.717) is 23.4 Å². The fourth-order valence-corrected chi connectivity index (χ4v) is 1.83. The highest BCUT2D eigenvalue weighted by Crippen LogP contribution is 2.19. The first kappa shape index (κ1) is 12.6. The van der Waals surface area contributed by atoms with E-state index in [0.717, 1.165) is 5.56 Å². The van der Waals surface area contributed by atoms with Gasteiger partial charge in [-0.25, -0.2) is 8.78 Å². The van der Waals surface area contributed by atoms with Crippen LogP contribution in [0.5, 0.6) is 0 Å². The standard InChI is InChI=1S/C15H15F2N/c1-10-6-7-14(17)12(8-10)9-18-15-5-3-4-13(16)11(15)2/h3-8,18H,9H2,1-2H3. The SMILES string of the molecule is Cc1ccc(F)c(CNc2cccc(F)c2C)c1. The summed E-state index contributed by atoms with van der Waals surface area (Å²) in [4.78, 5) is 0. The predicted molar refractivity (Wildman–Crippen MR) is 69.6 cm³/mol. The molecule has 3 heteroatoms. The molecule has 1 nitrogen and oxygen atoms in total. The average Bonchev–Trinajstić information content (AvgIpc) is 2.35. The fraction of sp³-hybridized carbons (Fsp3) is 0.200. The molecule has 2 aromatic carbocycles. The molecule has 0 spiro atoms. The molecule has 0 radical (unpaired) electrons. The van der Waals surface area contributed by atoms with Crippen LogP contribution in [-0.2, 0) is 6.54 Å². The van der Waals surface area contributed by atoms with E-state index in [1.54, 1.807) is 31.2 Å². The van der Waals surface area contributed by atoms with Crippen LogP contribution in [0.15, 0.2) is 36.4 Å². The van der Waals surface area contributed by atoms with E-state index in [4.69, 9.17) is 0 Å². The van der Waals surface area contributed by atoms with Gasteiger partial charge < -0.3 is 5.32 Å². The van der Waals surface area contributed by atoms with E-state index < -0.39 is 0 Å². The Bertz CT molecular complexity index is 562. The van der Waals surface area contributed by atoms with Gasteiger partial charge >= 0.3 is 0 Å². The van der Waals surface area contributed by atoms with Gasteiger partial charge in [0.25, 0.3) is 0 Å². The number of benzene rings is 2. The topological polar surface area (TPSA) is 12.0 Å². The monoisotopic (exact) mass is 247 g/mol. The summed E-state index contributed by atoms with van der Waals surface area (Å²) < 4.78 is 26.9. The average molecular weight is 247 g/mol. The first-order valence-electron chi connectivity index (χ1n) is 5.82. The van der Waals surface area contributed by atoms with Crippen LogP contribution in [0.1, 0.15) is 16.7 Å². The number of halogens is 2. The van der Waals surface area contributed by atoms with Crippen LogP contribution >= 0.6 is 0 Å². The maximum absolute atomic E-state index is 13.5. The molecule has 0 fully saturated rings. The van der Waals surface area contributed by atoms with Crippen molar-refractivity contribution >= 4 is 5.69 Å². The van der Waals surface area contributed by atoms with Crippen molar-refractivity contribution in [2.24, 2.45) is 0 Å². The first-order chi connectivity index (χ1) is 8.58. The lowest BCUT2D eigenvalue weighted by atomic mass is 10.1. The molecule has 0 atom stereocenters.